The SMILES string of the molecule is CCOc1cc(C(=O)N[C@H](C)CO)ccc1OC. The van der Waals surface area contributed by atoms with Gasteiger partial charge in [0.1, 0.15) is 0 Å². The Morgan fingerprint density at radius 3 is 2.72 bits per heavy atom. The Morgan fingerprint density at radius 1 is 1.44 bits per heavy atom. The molecule has 0 aliphatic heterocycles. The third-order valence-electron chi connectivity index (χ3n) is 2.38. The van der Waals surface area contributed by atoms with E-state index in [-0.39, 0.29) is 18.6 Å². The van der Waals surface area contributed by atoms with E-state index in [9.17, 15) is 4.79 Å². The fraction of sp³-hybridized carbons (Fsp3) is 0.462. The average Bonchev–Trinajstić information content (AvgIpc) is 2.38. The Bertz CT molecular complexity index is 406. The number of aliphatic hydroxyl groups excluding tert-OH is 1. The van der Waals surface area contributed by atoms with Gasteiger partial charge in [-0.3, -0.25) is 4.79 Å². The highest BCUT2D eigenvalue weighted by Crippen LogP contribution is 2.27. The first-order valence-corrected chi connectivity index (χ1v) is 5.84. The molecule has 0 spiro atoms. The lowest BCUT2D eigenvalue weighted by molar-refractivity contribution is 0.0922. The molecule has 0 saturated heterocycles. The summed E-state index contributed by atoms with van der Waals surface area (Å²) in [7, 11) is 1.55. The molecular formula is C13H19NO4. The second-order valence-corrected chi connectivity index (χ2v) is 3.86. The van der Waals surface area contributed by atoms with E-state index in [0.717, 1.165) is 0 Å². The number of hydrogen-bond acceptors (Lipinski definition) is 4. The quantitative estimate of drug-likeness (QED) is 0.799. The summed E-state index contributed by atoms with van der Waals surface area (Å²) in [5, 5.41) is 11.6. The number of carbonyl (C=O) groups excluding carboxylic acids is 1. The lowest BCUT2D eigenvalue weighted by atomic mass is 10.1. The van der Waals surface area contributed by atoms with Crippen LogP contribution in [0.2, 0.25) is 0 Å². The highest BCUT2D eigenvalue weighted by atomic mass is 16.5. The largest absolute Gasteiger partial charge is 0.493 e. The summed E-state index contributed by atoms with van der Waals surface area (Å²) < 4.78 is 10.5. The predicted octanol–water partition coefficient (Wildman–Crippen LogP) is 1.20. The number of carbonyl (C=O) groups is 1. The maximum atomic E-state index is 11.9. The number of rotatable bonds is 6. The fourth-order valence-corrected chi connectivity index (χ4v) is 1.44. The second-order valence-electron chi connectivity index (χ2n) is 3.86. The Balaban J connectivity index is 2.89. The zero-order valence-electron chi connectivity index (χ0n) is 10.9. The smallest absolute Gasteiger partial charge is 0.251 e. The number of aliphatic hydroxyl groups is 1. The molecule has 2 N–H and O–H groups in total. The molecule has 5 heteroatoms. The van der Waals surface area contributed by atoms with Gasteiger partial charge in [-0.1, -0.05) is 0 Å². The van der Waals surface area contributed by atoms with Gasteiger partial charge < -0.3 is 19.9 Å². The monoisotopic (exact) mass is 253 g/mol. The van der Waals surface area contributed by atoms with Crippen molar-refractivity contribution in [3.63, 3.8) is 0 Å². The molecule has 5 nitrogen and oxygen atoms in total. The van der Waals surface area contributed by atoms with Gasteiger partial charge >= 0.3 is 0 Å². The lowest BCUT2D eigenvalue weighted by Crippen LogP contribution is -2.34. The van der Waals surface area contributed by atoms with Gasteiger partial charge in [0.2, 0.25) is 0 Å². The Hall–Kier alpha value is -1.75. The molecule has 1 amide bonds. The van der Waals surface area contributed by atoms with E-state index in [2.05, 4.69) is 5.32 Å². The van der Waals surface area contributed by atoms with E-state index in [1.165, 1.54) is 0 Å². The summed E-state index contributed by atoms with van der Waals surface area (Å²) in [5.41, 5.74) is 0.472. The van der Waals surface area contributed by atoms with Crippen molar-refractivity contribution in [3.8, 4) is 11.5 Å². The molecule has 1 atom stereocenters. The third kappa shape index (κ3) is 3.63. The van der Waals surface area contributed by atoms with Gasteiger partial charge in [-0.05, 0) is 32.0 Å². The molecular weight excluding hydrogens is 234 g/mol. The molecule has 100 valence electrons. The van der Waals surface area contributed by atoms with Crippen LogP contribution in [-0.4, -0.2) is 37.4 Å². The molecule has 0 aliphatic rings. The van der Waals surface area contributed by atoms with E-state index in [0.29, 0.717) is 23.7 Å². The number of amides is 1. The van der Waals surface area contributed by atoms with Crippen LogP contribution in [0.1, 0.15) is 24.2 Å². The van der Waals surface area contributed by atoms with Crippen LogP contribution in [0.5, 0.6) is 11.5 Å². The first kappa shape index (κ1) is 14.3. The minimum atomic E-state index is -0.282. The van der Waals surface area contributed by atoms with Gasteiger partial charge in [-0.15, -0.1) is 0 Å². The molecule has 0 saturated carbocycles. The van der Waals surface area contributed by atoms with Gasteiger partial charge in [0.05, 0.1) is 20.3 Å². The van der Waals surface area contributed by atoms with Crippen molar-refractivity contribution in [2.75, 3.05) is 20.3 Å². The van der Waals surface area contributed by atoms with Crippen LogP contribution in [0, 0.1) is 0 Å². The highest BCUT2D eigenvalue weighted by molar-refractivity contribution is 5.95. The number of benzene rings is 1. The van der Waals surface area contributed by atoms with Crippen LogP contribution in [0.25, 0.3) is 0 Å². The van der Waals surface area contributed by atoms with E-state index >= 15 is 0 Å². The van der Waals surface area contributed by atoms with Crippen molar-refractivity contribution in [1.82, 2.24) is 5.32 Å². The van der Waals surface area contributed by atoms with Gasteiger partial charge in [-0.25, -0.2) is 0 Å². The fourth-order valence-electron chi connectivity index (χ4n) is 1.44. The maximum absolute atomic E-state index is 11.9. The molecule has 0 bridgehead atoms. The second kappa shape index (κ2) is 6.86. The summed E-state index contributed by atoms with van der Waals surface area (Å²) in [5.74, 6) is 0.869. The van der Waals surface area contributed by atoms with E-state index in [1.807, 2.05) is 6.92 Å². The molecule has 0 aromatic heterocycles. The van der Waals surface area contributed by atoms with Crippen molar-refractivity contribution in [2.24, 2.45) is 0 Å². The average molecular weight is 253 g/mol. The molecule has 18 heavy (non-hydrogen) atoms. The summed E-state index contributed by atoms with van der Waals surface area (Å²) in [6.45, 7) is 3.99. The zero-order chi connectivity index (χ0) is 13.5. The van der Waals surface area contributed by atoms with Crippen LogP contribution in [0.4, 0.5) is 0 Å². The Kier molecular flexibility index (Phi) is 5.45. The maximum Gasteiger partial charge on any atom is 0.251 e. The van der Waals surface area contributed by atoms with E-state index in [1.54, 1.807) is 32.2 Å². The van der Waals surface area contributed by atoms with Crippen LogP contribution in [0.15, 0.2) is 18.2 Å². The molecule has 0 aliphatic carbocycles. The summed E-state index contributed by atoms with van der Waals surface area (Å²) in [6.07, 6.45) is 0. The normalized spacial score (nSPS) is 11.8. The van der Waals surface area contributed by atoms with Crippen molar-refractivity contribution < 1.29 is 19.4 Å². The number of ether oxygens (including phenoxy) is 2. The van der Waals surface area contributed by atoms with Gasteiger partial charge in [0.15, 0.2) is 11.5 Å². The highest BCUT2D eigenvalue weighted by Gasteiger charge is 2.12. The van der Waals surface area contributed by atoms with Crippen LogP contribution < -0.4 is 14.8 Å². The van der Waals surface area contributed by atoms with Crippen molar-refractivity contribution in [3.05, 3.63) is 23.8 Å². The molecule has 0 unspecified atom stereocenters. The van der Waals surface area contributed by atoms with Crippen LogP contribution in [0.3, 0.4) is 0 Å². The van der Waals surface area contributed by atoms with E-state index < -0.39 is 0 Å². The molecule has 0 heterocycles. The number of nitrogens with one attached hydrogen (secondary N) is 1. The van der Waals surface area contributed by atoms with E-state index in [4.69, 9.17) is 14.6 Å². The predicted molar refractivity (Wildman–Crippen MR) is 68.2 cm³/mol. The molecule has 1 aromatic rings. The van der Waals surface area contributed by atoms with Crippen LogP contribution >= 0.6 is 0 Å². The summed E-state index contributed by atoms with van der Waals surface area (Å²) in [6, 6.07) is 4.68. The lowest BCUT2D eigenvalue weighted by Gasteiger charge is -2.13. The third-order valence-corrected chi connectivity index (χ3v) is 2.38. The van der Waals surface area contributed by atoms with Gasteiger partial charge in [0.25, 0.3) is 5.91 Å². The molecule has 0 radical (unpaired) electrons. The molecule has 1 aromatic carbocycles. The first-order valence-electron chi connectivity index (χ1n) is 5.84. The van der Waals surface area contributed by atoms with Gasteiger partial charge in [-0.2, -0.15) is 0 Å². The zero-order valence-corrected chi connectivity index (χ0v) is 10.9. The summed E-state index contributed by atoms with van der Waals surface area (Å²) >= 11 is 0. The summed E-state index contributed by atoms with van der Waals surface area (Å²) in [4.78, 5) is 11.9. The topological polar surface area (TPSA) is 67.8 Å². The molecule has 1 rings (SSSR count). The van der Waals surface area contributed by atoms with Crippen molar-refractivity contribution >= 4 is 5.91 Å². The van der Waals surface area contributed by atoms with Gasteiger partial charge in [0, 0.05) is 11.6 Å². The Morgan fingerprint density at radius 2 is 2.17 bits per heavy atom. The molecule has 0 fully saturated rings. The Labute approximate surface area is 107 Å². The van der Waals surface area contributed by atoms with Crippen molar-refractivity contribution in [1.29, 1.82) is 0 Å². The minimum absolute atomic E-state index is 0.0970. The number of hydrogen-bond donors (Lipinski definition) is 2. The van der Waals surface area contributed by atoms with Crippen molar-refractivity contribution in [2.45, 2.75) is 19.9 Å². The minimum Gasteiger partial charge on any atom is -0.493 e. The number of methoxy groups -OCH3 is 1. The first-order chi connectivity index (χ1) is 8.62. The van der Waals surface area contributed by atoms with Crippen LogP contribution in [-0.2, 0) is 0 Å². The standard InChI is InChI=1S/C13H19NO4/c1-4-18-12-7-10(5-6-11(12)17-3)13(16)14-9(2)8-15/h5-7,9,15H,4,8H2,1-3H3,(H,14,16)/t9-/m1/s1.